The summed E-state index contributed by atoms with van der Waals surface area (Å²) in [6.07, 6.45) is 7.81. The molecule has 2 aliphatic carbocycles. The lowest BCUT2D eigenvalue weighted by atomic mass is 9.42. The van der Waals surface area contributed by atoms with Crippen molar-refractivity contribution in [2.75, 3.05) is 6.54 Å². The summed E-state index contributed by atoms with van der Waals surface area (Å²) >= 11 is 0. The van der Waals surface area contributed by atoms with Gasteiger partial charge in [-0.3, -0.25) is 9.69 Å². The maximum Gasteiger partial charge on any atom is 0.303 e. The van der Waals surface area contributed by atoms with Gasteiger partial charge in [0, 0.05) is 19.0 Å². The van der Waals surface area contributed by atoms with Crippen LogP contribution in [0, 0.1) is 34.5 Å². The number of aliphatic hydroxyl groups excluding tert-OH is 1. The lowest BCUT2D eigenvalue weighted by molar-refractivity contribution is -0.189. The van der Waals surface area contributed by atoms with Crippen LogP contribution in [0.15, 0.2) is 0 Å². The van der Waals surface area contributed by atoms with Crippen LogP contribution in [0.1, 0.15) is 72.1 Å². The third kappa shape index (κ3) is 1.69. The quantitative estimate of drug-likeness (QED) is 0.804. The summed E-state index contributed by atoms with van der Waals surface area (Å²) in [6, 6.07) is 0.483. The molecule has 0 aromatic heterocycles. The molecular weight excluding hydrogens is 326 g/mol. The van der Waals surface area contributed by atoms with Crippen LogP contribution in [-0.4, -0.2) is 45.3 Å². The van der Waals surface area contributed by atoms with Gasteiger partial charge in [-0.05, 0) is 79.4 Å². The van der Waals surface area contributed by atoms with Crippen LogP contribution in [0.2, 0.25) is 0 Å². The Morgan fingerprint density at radius 2 is 1.96 bits per heavy atom. The molecule has 146 valence electrons. The molecule has 2 saturated carbocycles. The topological polar surface area (TPSA) is 60.8 Å². The molecule has 2 N–H and O–H groups in total. The zero-order valence-electron chi connectivity index (χ0n) is 16.6. The molecule has 0 radical (unpaired) electrons. The maximum absolute atomic E-state index is 11.6. The number of carboxylic acid groups (broad SMARTS) is 1. The Morgan fingerprint density at radius 3 is 2.65 bits per heavy atom. The monoisotopic (exact) mass is 361 g/mol. The van der Waals surface area contributed by atoms with Gasteiger partial charge in [0.25, 0.3) is 0 Å². The SMILES string of the molecule is CC(C)[C@H]1CC[C@@]2(C)[C@@H]3CCC45[C@H](O)CC[C@H]4C2(CCC(=O)O)[C@H]1N5C3. The summed E-state index contributed by atoms with van der Waals surface area (Å²) in [7, 11) is 0. The molecule has 3 unspecified atom stereocenters. The van der Waals surface area contributed by atoms with Crippen LogP contribution in [0.4, 0.5) is 0 Å². The van der Waals surface area contributed by atoms with Gasteiger partial charge in [0.2, 0.25) is 0 Å². The molecule has 5 rings (SSSR count). The summed E-state index contributed by atoms with van der Waals surface area (Å²) in [4.78, 5) is 14.4. The summed E-state index contributed by atoms with van der Waals surface area (Å²) in [5.74, 6) is 1.80. The summed E-state index contributed by atoms with van der Waals surface area (Å²) < 4.78 is 0. The van der Waals surface area contributed by atoms with Crippen LogP contribution >= 0.6 is 0 Å². The van der Waals surface area contributed by atoms with Gasteiger partial charge in [-0.25, -0.2) is 0 Å². The lowest BCUT2D eigenvalue weighted by Gasteiger charge is -2.67. The van der Waals surface area contributed by atoms with Crippen LogP contribution in [0.5, 0.6) is 0 Å². The minimum Gasteiger partial charge on any atom is -0.481 e. The Morgan fingerprint density at radius 1 is 1.19 bits per heavy atom. The van der Waals surface area contributed by atoms with Crippen molar-refractivity contribution in [2.45, 2.75) is 89.8 Å². The highest BCUT2D eigenvalue weighted by atomic mass is 16.4. The molecule has 0 amide bonds. The first kappa shape index (κ1) is 17.5. The fraction of sp³-hybridized carbons (Fsp3) is 0.955. The van der Waals surface area contributed by atoms with E-state index in [4.69, 9.17) is 0 Å². The van der Waals surface area contributed by atoms with E-state index >= 15 is 0 Å². The van der Waals surface area contributed by atoms with Gasteiger partial charge in [-0.1, -0.05) is 20.8 Å². The molecule has 5 aliphatic rings. The molecule has 0 aromatic carbocycles. The zero-order chi connectivity index (χ0) is 18.5. The minimum absolute atomic E-state index is 0.0467. The molecule has 26 heavy (non-hydrogen) atoms. The zero-order valence-corrected chi connectivity index (χ0v) is 16.6. The largest absolute Gasteiger partial charge is 0.481 e. The third-order valence-corrected chi connectivity index (χ3v) is 10.2. The van der Waals surface area contributed by atoms with Crippen molar-refractivity contribution in [1.29, 1.82) is 0 Å². The van der Waals surface area contributed by atoms with Crippen molar-refractivity contribution in [1.82, 2.24) is 4.90 Å². The minimum atomic E-state index is -0.647. The number of hydrogen-bond donors (Lipinski definition) is 2. The molecule has 1 spiro atoms. The third-order valence-electron chi connectivity index (χ3n) is 10.2. The second-order valence-electron chi connectivity index (χ2n) is 10.8. The van der Waals surface area contributed by atoms with Gasteiger partial charge in [-0.15, -0.1) is 0 Å². The number of hydrogen-bond acceptors (Lipinski definition) is 3. The van der Waals surface area contributed by atoms with E-state index < -0.39 is 5.97 Å². The van der Waals surface area contributed by atoms with Crippen LogP contribution in [0.3, 0.4) is 0 Å². The van der Waals surface area contributed by atoms with E-state index in [-0.39, 0.29) is 22.5 Å². The molecular formula is C22H35NO3. The molecule has 4 heteroatoms. The van der Waals surface area contributed by atoms with Crippen LogP contribution in [0.25, 0.3) is 0 Å². The van der Waals surface area contributed by atoms with Crippen molar-refractivity contribution in [3.63, 3.8) is 0 Å². The Labute approximate surface area is 157 Å². The fourth-order valence-corrected chi connectivity index (χ4v) is 9.33. The van der Waals surface area contributed by atoms with Crippen LogP contribution in [-0.2, 0) is 4.79 Å². The molecule has 4 nitrogen and oxygen atoms in total. The normalized spacial score (nSPS) is 56.8. The molecule has 0 aromatic rings. The number of piperidine rings is 2. The van der Waals surface area contributed by atoms with Gasteiger partial charge >= 0.3 is 5.97 Å². The highest BCUT2D eigenvalue weighted by Gasteiger charge is 2.81. The predicted octanol–water partition coefficient (Wildman–Crippen LogP) is 3.53. The molecule has 5 fully saturated rings. The standard InChI is InChI=1S/C22H35NO3/c1-13(2)15-7-9-20(3)14-6-11-22-16(4-5-17(22)24)21(20,10-8-18(25)26)19(15)23(22)12-14/h13-17,19,24H,4-12H2,1-3H3,(H,25,26)/t14-,15-,16+,17-,19+,20+,21?,22?/m1/s1. The van der Waals surface area contributed by atoms with E-state index in [0.29, 0.717) is 36.1 Å². The molecule has 3 saturated heterocycles. The molecule has 3 aliphatic heterocycles. The highest BCUT2D eigenvalue weighted by Crippen LogP contribution is 2.79. The first-order valence-electron chi connectivity index (χ1n) is 11.0. The molecule has 5 bridgehead atoms. The lowest BCUT2D eigenvalue weighted by Crippen LogP contribution is -2.69. The fourth-order valence-electron chi connectivity index (χ4n) is 9.33. The van der Waals surface area contributed by atoms with Crippen molar-refractivity contribution >= 4 is 5.97 Å². The summed E-state index contributed by atoms with van der Waals surface area (Å²) in [5.41, 5.74) is 0.298. The smallest absolute Gasteiger partial charge is 0.303 e. The van der Waals surface area contributed by atoms with Gasteiger partial charge in [0.05, 0.1) is 11.6 Å². The van der Waals surface area contributed by atoms with Gasteiger partial charge in [-0.2, -0.15) is 0 Å². The van der Waals surface area contributed by atoms with E-state index in [1.54, 1.807) is 0 Å². The first-order chi connectivity index (χ1) is 12.3. The predicted molar refractivity (Wildman–Crippen MR) is 99.7 cm³/mol. The van der Waals surface area contributed by atoms with E-state index in [9.17, 15) is 15.0 Å². The molecule has 9 atom stereocenters. The average Bonchev–Trinajstić information content (AvgIpc) is 2.98. The van der Waals surface area contributed by atoms with E-state index in [1.165, 1.54) is 19.3 Å². The number of nitrogens with zero attached hydrogens (tertiary/aromatic N) is 1. The van der Waals surface area contributed by atoms with Crippen molar-refractivity contribution in [2.24, 2.45) is 34.5 Å². The highest BCUT2D eigenvalue weighted by molar-refractivity contribution is 5.66. The Kier molecular flexibility index (Phi) is 3.53. The number of aliphatic carboxylic acids is 1. The van der Waals surface area contributed by atoms with Crippen molar-refractivity contribution in [3.05, 3.63) is 0 Å². The first-order valence-corrected chi connectivity index (χ1v) is 11.0. The van der Waals surface area contributed by atoms with E-state index in [2.05, 4.69) is 25.7 Å². The molecule has 3 heterocycles. The Hall–Kier alpha value is -0.610. The van der Waals surface area contributed by atoms with E-state index in [1.807, 2.05) is 0 Å². The average molecular weight is 362 g/mol. The number of rotatable bonds is 4. The van der Waals surface area contributed by atoms with E-state index in [0.717, 1.165) is 32.2 Å². The second kappa shape index (κ2) is 5.26. The number of carbonyl (C=O) groups is 1. The maximum atomic E-state index is 11.6. The number of fused-ring (bicyclic) bond motifs is 2. The Bertz CT molecular complexity index is 635. The van der Waals surface area contributed by atoms with Gasteiger partial charge < -0.3 is 10.2 Å². The summed E-state index contributed by atoms with van der Waals surface area (Å²) in [5, 5.41) is 20.7. The van der Waals surface area contributed by atoms with Gasteiger partial charge in [0.1, 0.15) is 0 Å². The second-order valence-corrected chi connectivity index (χ2v) is 10.8. The van der Waals surface area contributed by atoms with Crippen molar-refractivity contribution < 1.29 is 15.0 Å². The Balaban J connectivity index is 1.72. The summed E-state index contributed by atoms with van der Waals surface area (Å²) in [6.45, 7) is 8.38. The van der Waals surface area contributed by atoms with Crippen molar-refractivity contribution in [3.8, 4) is 0 Å². The number of carboxylic acids is 1. The van der Waals surface area contributed by atoms with Gasteiger partial charge in [0.15, 0.2) is 0 Å². The number of aliphatic hydroxyl groups is 1. The van der Waals surface area contributed by atoms with Crippen LogP contribution < -0.4 is 0 Å².